The molecular formula is C89H85BBr2Cl13N21O13S3. The fourth-order valence-corrected chi connectivity index (χ4v) is 17.3. The van der Waals surface area contributed by atoms with Crippen molar-refractivity contribution in [2.24, 2.45) is 0 Å². The van der Waals surface area contributed by atoms with Gasteiger partial charge in [-0.3, -0.25) is 58.3 Å². The van der Waals surface area contributed by atoms with E-state index in [4.69, 9.17) is 179 Å². The monoisotopic (exact) mass is 2380 g/mol. The van der Waals surface area contributed by atoms with E-state index in [2.05, 4.69) is 93.1 Å². The topological polar surface area (TPSA) is 455 Å². The summed E-state index contributed by atoms with van der Waals surface area (Å²) in [6.07, 6.45) is 25.6. The first-order valence-corrected chi connectivity index (χ1v) is 47.9. The van der Waals surface area contributed by atoms with Gasteiger partial charge < -0.3 is 50.5 Å². The summed E-state index contributed by atoms with van der Waals surface area (Å²) < 4.78 is 31.5. The Morgan fingerprint density at radius 3 is 1.06 bits per heavy atom. The molecule has 17 aromatic rings. The minimum absolute atomic E-state index is 0. The molecule has 0 unspecified atom stereocenters. The van der Waals surface area contributed by atoms with Crippen LogP contribution in [0, 0.1) is 20.2 Å². The number of nitrogens with two attached hydrogens (primary N) is 2. The summed E-state index contributed by atoms with van der Waals surface area (Å²) in [5.41, 5.74) is 18.1. The van der Waals surface area contributed by atoms with E-state index in [0.29, 0.717) is 155 Å². The first-order valence-electron chi connectivity index (χ1n) is 39.3. The van der Waals surface area contributed by atoms with Gasteiger partial charge in [-0.2, -0.15) is 30.6 Å². The summed E-state index contributed by atoms with van der Waals surface area (Å²) in [5.74, 6) is -0.800. The van der Waals surface area contributed by atoms with Gasteiger partial charge in [-0.15, -0.1) is 46.4 Å². The van der Waals surface area contributed by atoms with Crippen LogP contribution in [-0.2, 0) is 48.6 Å². The van der Waals surface area contributed by atoms with Crippen molar-refractivity contribution < 1.29 is 52.6 Å². The number of H-pyrrole nitrogens is 1. The van der Waals surface area contributed by atoms with Crippen LogP contribution in [0.1, 0.15) is 112 Å². The van der Waals surface area contributed by atoms with E-state index < -0.39 is 15.8 Å². The number of rotatable bonds is 20. The number of aliphatic hydroxyl groups excluding tert-OH is 1. The van der Waals surface area contributed by atoms with Gasteiger partial charge in [0, 0.05) is 118 Å². The zero-order valence-corrected chi connectivity index (χ0v) is 87.5. The van der Waals surface area contributed by atoms with Crippen LogP contribution in [-0.4, -0.2) is 130 Å². The van der Waals surface area contributed by atoms with Crippen LogP contribution in [0.25, 0.3) is 10.8 Å². The summed E-state index contributed by atoms with van der Waals surface area (Å²) in [6.45, 7) is 10.1. The second-order valence-electron chi connectivity index (χ2n) is 28.8. The molecule has 53 heteroatoms. The molecule has 9 N–H and O–H groups in total. The number of aliphatic hydroxyl groups is 1. The third-order valence-corrected chi connectivity index (χ3v) is 26.8. The number of hydrogen-bond acceptors (Lipinski definition) is 26. The van der Waals surface area contributed by atoms with Crippen LogP contribution in [0.4, 0.5) is 34.1 Å². The Morgan fingerprint density at radius 1 is 0.444 bits per heavy atom. The Balaban J connectivity index is 0.000000249. The molecule has 1 saturated heterocycles. The molecule has 0 radical (unpaired) electrons. The van der Waals surface area contributed by atoms with Gasteiger partial charge in [0.15, 0.2) is 18.6 Å². The van der Waals surface area contributed by atoms with Crippen molar-refractivity contribution in [3.05, 3.63) is 375 Å². The number of aromatic nitrogens is 15. The molecule has 0 atom stereocenters. The number of thiazole rings is 3. The van der Waals surface area contributed by atoms with Crippen molar-refractivity contribution in [3.8, 4) is 10.8 Å². The molecule has 1 aliphatic rings. The Kier molecular flexibility index (Phi) is 49.0. The molecular weight excluding hydrogens is 2300 g/mol. The highest BCUT2D eigenvalue weighted by Crippen LogP contribution is 2.38. The average molecular weight is 2380 g/mol. The molecule has 0 saturated carbocycles. The number of aromatic carboxylic acids is 1. The zero-order valence-electron chi connectivity index (χ0n) is 72.0. The van der Waals surface area contributed by atoms with Gasteiger partial charge in [-0.05, 0) is 157 Å². The molecule has 11 aromatic heterocycles. The fourth-order valence-electron chi connectivity index (χ4n) is 11.1. The van der Waals surface area contributed by atoms with Crippen LogP contribution in [0.2, 0.25) is 60.3 Å². The first-order chi connectivity index (χ1) is 65.7. The molecule has 34 nitrogen and oxygen atoms in total. The number of nitrogens with zero attached hydrogens (tertiary/aromatic N) is 16. The lowest BCUT2D eigenvalue weighted by atomic mass is 9.86. The lowest BCUT2D eigenvalue weighted by Gasteiger charge is -2.32. The normalized spacial score (nSPS) is 11.5. The van der Waals surface area contributed by atoms with Gasteiger partial charge in [-0.25, -0.2) is 19.7 Å². The van der Waals surface area contributed by atoms with Crippen molar-refractivity contribution in [2.45, 2.75) is 101 Å². The Morgan fingerprint density at radius 2 is 0.775 bits per heavy atom. The second-order valence-corrected chi connectivity index (χ2v) is 39.3. The SMILES string of the molecule is C.C.C.CC1(C)OB(c2ccco2)OC1(C)C.Cl.Nc1cnn(Cc2c(Cl)cccc2Cl)c1.Nc1cnn(Cc2c(Cl)cccc2Cl)c1.O=C(Nc1cnn(Cc2c(Cl)cccc2Cl)c1)c1cnc(-c2ccco2)s1.O=C(Nc1cnn(Cc2c(Cl)cccc2Cl)c1)c1cnc(Br)s1.O=C(O)c1cnc(Br)s1.O=[N+]([O-])c1cn[nH]c1.O=[N+]([O-])c1cnn(Cc2c(Cl)cccc2Cl)c1.OCc1c(Cl)cccc1Cl. The number of anilines is 4. The number of nitrogen functional groups attached to an aromatic ring is 2. The molecule has 750 valence electrons. The number of carbonyl (C=O) groups excluding carboxylic acids is 2. The highest BCUT2D eigenvalue weighted by atomic mass is 79.9. The maximum Gasteiger partial charge on any atom is 0.532 e. The highest BCUT2D eigenvalue weighted by molar-refractivity contribution is 9.11. The molecule has 142 heavy (non-hydrogen) atoms. The minimum Gasteiger partial charge on any atom is -0.477 e. The molecule has 0 bridgehead atoms. The Labute approximate surface area is 908 Å². The minimum atomic E-state index is -0.932. The van der Waals surface area contributed by atoms with Crippen LogP contribution in [0.5, 0.6) is 0 Å². The number of nitro groups is 2. The first kappa shape index (κ1) is 120. The number of carboxylic acids is 1. The standard InChI is InChI=1S/C18H12Cl2N4O2S.C14H9BrCl2N4OS.C10H15BO3.C10H7Cl2N3O2.2C10H9Cl2N3.C7H6Cl2O.C4H2BrNO2S.C3H3N3O2.3CH4.ClH/c19-13-3-1-4-14(20)12(13)10-24-9-11(7-22-24)23-17(25)16-8-21-18(27-16)15-5-2-6-26-15;15-14-18-5-12(23-14)13(22)20-8-4-19-21(6-8)7-9-10(16)2-1-3-11(9)17;1-9(2)10(3,4)14-11(13-9)8-6-5-7-12-8;11-9-2-1-3-10(12)8(9)6-14-5-7(4-13-14)15(16)17;2*11-9-2-1-3-10(12)8(9)6-15-5-7(13)4-14-15;8-6-2-1-3-7(9)5(6)4-10;5-4-6-1-2(9-4)3(7)8;7-6(8)3-1-4-5-2-3;;;;/h1-9H,10H2,(H,23,25);1-6H,7H2,(H,20,22);5-7H,1-4H3;1-5H,6H2;2*1-5H,6,13H2;1-3,10H,4H2;1H,(H,7,8);1-2H,(H,4,5);3*1H4;1H. The summed E-state index contributed by atoms with van der Waals surface area (Å²) in [7, 11) is -0.380. The van der Waals surface area contributed by atoms with Crippen LogP contribution >= 0.6 is 217 Å². The van der Waals surface area contributed by atoms with Crippen LogP contribution < -0.4 is 27.8 Å². The zero-order chi connectivity index (χ0) is 100. The quantitative estimate of drug-likeness (QED) is 0.0212. The molecule has 1 aliphatic heterocycles. The van der Waals surface area contributed by atoms with Gasteiger partial charge in [0.1, 0.15) is 38.9 Å². The third-order valence-electron chi connectivity index (χ3n) is 18.6. The van der Waals surface area contributed by atoms with E-state index in [-0.39, 0.29) is 87.7 Å². The van der Waals surface area contributed by atoms with Crippen molar-refractivity contribution in [1.29, 1.82) is 0 Å². The Hall–Kier alpha value is -10.5. The smallest absolute Gasteiger partial charge is 0.477 e. The third kappa shape index (κ3) is 36.1. The van der Waals surface area contributed by atoms with Gasteiger partial charge in [0.2, 0.25) is 0 Å². The number of hydrogen-bond donors (Lipinski definition) is 7. The molecule has 0 spiro atoms. The maximum absolute atomic E-state index is 12.4. The van der Waals surface area contributed by atoms with E-state index in [9.17, 15) is 34.6 Å². The lowest BCUT2D eigenvalue weighted by molar-refractivity contribution is -0.385. The largest absolute Gasteiger partial charge is 0.532 e. The molecule has 12 heterocycles. The summed E-state index contributed by atoms with van der Waals surface area (Å²) in [5, 5.41) is 76.6. The average Bonchev–Trinajstić information content (AvgIpc) is 1.62. The lowest BCUT2D eigenvalue weighted by Crippen LogP contribution is -2.41. The maximum atomic E-state index is 12.4. The van der Waals surface area contributed by atoms with Crippen molar-refractivity contribution in [1.82, 2.24) is 74.1 Å². The number of carbonyl (C=O) groups is 3. The van der Waals surface area contributed by atoms with E-state index in [1.54, 1.807) is 190 Å². The molecule has 2 amide bonds. The summed E-state index contributed by atoms with van der Waals surface area (Å²) >= 11 is 82.0. The number of nitrogens with one attached hydrogen (secondary N) is 3. The van der Waals surface area contributed by atoms with Crippen LogP contribution in [0.15, 0.2) is 256 Å². The summed E-state index contributed by atoms with van der Waals surface area (Å²) in [6, 6.07) is 39.0. The number of furan rings is 2. The number of carboxylic acid groups (broad SMARTS) is 1. The fraction of sp³-hybridized carbons (Fsp3) is 0.169. The van der Waals surface area contributed by atoms with Crippen molar-refractivity contribution in [3.63, 3.8) is 0 Å². The number of aromatic amines is 1. The van der Waals surface area contributed by atoms with Gasteiger partial charge in [0.25, 0.3) is 11.8 Å². The highest BCUT2D eigenvalue weighted by Gasteiger charge is 2.53. The molecule has 18 rings (SSSR count). The number of amides is 2. The molecule has 6 aromatic carbocycles. The number of halogens is 15. The van der Waals surface area contributed by atoms with E-state index >= 15 is 0 Å². The summed E-state index contributed by atoms with van der Waals surface area (Å²) in [4.78, 5) is 67.1. The van der Waals surface area contributed by atoms with E-state index in [1.165, 1.54) is 64.5 Å². The van der Waals surface area contributed by atoms with Crippen molar-refractivity contribution in [2.75, 3.05) is 22.1 Å². The van der Waals surface area contributed by atoms with E-state index in [1.807, 2.05) is 52.0 Å². The predicted octanol–water partition coefficient (Wildman–Crippen LogP) is 27.0. The molecule has 1 fully saturated rings. The Bertz CT molecular complexity index is 6710. The van der Waals surface area contributed by atoms with Gasteiger partial charge in [-0.1, -0.05) is 198 Å². The van der Waals surface area contributed by atoms with E-state index in [0.717, 1.165) is 45.4 Å². The van der Waals surface area contributed by atoms with Gasteiger partial charge >= 0.3 is 24.5 Å². The van der Waals surface area contributed by atoms with Gasteiger partial charge in [0.05, 0.1) is 145 Å². The predicted molar refractivity (Wildman–Crippen MR) is 576 cm³/mol. The van der Waals surface area contributed by atoms with Crippen molar-refractivity contribution >= 4 is 282 Å². The number of benzene rings is 6. The molecule has 0 aliphatic carbocycles. The van der Waals surface area contributed by atoms with Crippen LogP contribution in [0.3, 0.4) is 0 Å². The second kappa shape index (κ2) is 57.9.